The van der Waals surface area contributed by atoms with Crippen LogP contribution in [-0.2, 0) is 0 Å². The Bertz CT molecular complexity index is 180. The molecule has 0 aliphatic carbocycles. The lowest BCUT2D eigenvalue weighted by Gasteiger charge is -2.33. The highest BCUT2D eigenvalue weighted by molar-refractivity contribution is 4.94. The standard InChI is InChI=1S/C16H32/c1-6-10-13-16(9-4,12-7-2)14-11-15(5)8-3/h5-14H2,1-4H3. The first-order chi connectivity index (χ1) is 7.64. The van der Waals surface area contributed by atoms with E-state index in [1.165, 1.54) is 56.9 Å². The van der Waals surface area contributed by atoms with Gasteiger partial charge in [0.1, 0.15) is 0 Å². The highest BCUT2D eigenvalue weighted by Gasteiger charge is 2.25. The van der Waals surface area contributed by atoms with Crippen molar-refractivity contribution in [3.8, 4) is 0 Å². The fraction of sp³-hybridized carbons (Fsp3) is 0.875. The minimum atomic E-state index is 0.614. The van der Waals surface area contributed by atoms with Crippen LogP contribution < -0.4 is 0 Å². The molecular formula is C16H32. The summed E-state index contributed by atoms with van der Waals surface area (Å²) in [7, 11) is 0. The minimum Gasteiger partial charge on any atom is -0.0999 e. The smallest absolute Gasteiger partial charge is 0.0297 e. The Kier molecular flexibility index (Phi) is 8.70. The third-order valence-corrected chi connectivity index (χ3v) is 4.10. The molecule has 1 atom stereocenters. The molecule has 0 aromatic heterocycles. The van der Waals surface area contributed by atoms with Gasteiger partial charge in [0.05, 0.1) is 0 Å². The molecule has 96 valence electrons. The van der Waals surface area contributed by atoms with E-state index in [4.69, 9.17) is 0 Å². The summed E-state index contributed by atoms with van der Waals surface area (Å²) in [6.45, 7) is 13.4. The van der Waals surface area contributed by atoms with Gasteiger partial charge in [-0.1, -0.05) is 65.5 Å². The van der Waals surface area contributed by atoms with E-state index in [2.05, 4.69) is 34.3 Å². The maximum atomic E-state index is 4.15. The molecule has 1 unspecified atom stereocenters. The van der Waals surface area contributed by atoms with Crippen LogP contribution in [0.25, 0.3) is 0 Å². The average molecular weight is 224 g/mol. The Labute approximate surface area is 104 Å². The maximum absolute atomic E-state index is 4.15. The number of rotatable bonds is 10. The van der Waals surface area contributed by atoms with Gasteiger partial charge >= 0.3 is 0 Å². The largest absolute Gasteiger partial charge is 0.0999 e. The van der Waals surface area contributed by atoms with Crippen molar-refractivity contribution in [2.75, 3.05) is 0 Å². The van der Waals surface area contributed by atoms with Gasteiger partial charge in [-0.05, 0) is 37.5 Å². The predicted octanol–water partition coefficient (Wildman–Crippen LogP) is 6.12. The highest BCUT2D eigenvalue weighted by Crippen LogP contribution is 2.39. The molecular weight excluding hydrogens is 192 g/mol. The van der Waals surface area contributed by atoms with Crippen LogP contribution >= 0.6 is 0 Å². The Hall–Kier alpha value is -0.260. The number of hydrogen-bond donors (Lipinski definition) is 0. The molecule has 0 aliphatic heterocycles. The molecule has 0 heterocycles. The third kappa shape index (κ3) is 5.72. The molecule has 0 saturated carbocycles. The molecule has 0 aliphatic rings. The van der Waals surface area contributed by atoms with Gasteiger partial charge in [0.25, 0.3) is 0 Å². The average Bonchev–Trinajstić information content (AvgIpc) is 2.32. The molecule has 0 spiro atoms. The van der Waals surface area contributed by atoms with Gasteiger partial charge in [-0.3, -0.25) is 0 Å². The first-order valence-corrected chi connectivity index (χ1v) is 7.30. The maximum Gasteiger partial charge on any atom is -0.0297 e. The van der Waals surface area contributed by atoms with Gasteiger partial charge in [-0.25, -0.2) is 0 Å². The number of allylic oxidation sites excluding steroid dienone is 1. The molecule has 0 amide bonds. The molecule has 0 radical (unpaired) electrons. The zero-order valence-corrected chi connectivity index (χ0v) is 12.1. The van der Waals surface area contributed by atoms with Crippen LogP contribution in [0.2, 0.25) is 0 Å². The predicted molar refractivity (Wildman–Crippen MR) is 75.8 cm³/mol. The van der Waals surface area contributed by atoms with Crippen LogP contribution in [0.1, 0.15) is 85.5 Å². The molecule has 0 heteroatoms. The van der Waals surface area contributed by atoms with E-state index in [1.807, 2.05) is 0 Å². The molecule has 0 fully saturated rings. The highest BCUT2D eigenvalue weighted by atomic mass is 14.3. The lowest BCUT2D eigenvalue weighted by atomic mass is 9.72. The summed E-state index contributed by atoms with van der Waals surface area (Å²) in [6, 6.07) is 0. The summed E-state index contributed by atoms with van der Waals surface area (Å²) in [5, 5.41) is 0. The van der Waals surface area contributed by atoms with Crippen LogP contribution in [0.5, 0.6) is 0 Å². The fourth-order valence-electron chi connectivity index (χ4n) is 2.61. The summed E-state index contributed by atoms with van der Waals surface area (Å²) >= 11 is 0. The van der Waals surface area contributed by atoms with Crippen molar-refractivity contribution in [3.05, 3.63) is 12.2 Å². The monoisotopic (exact) mass is 224 g/mol. The van der Waals surface area contributed by atoms with Crippen molar-refractivity contribution in [2.24, 2.45) is 5.41 Å². The van der Waals surface area contributed by atoms with E-state index in [9.17, 15) is 0 Å². The van der Waals surface area contributed by atoms with Crippen molar-refractivity contribution >= 4 is 0 Å². The minimum absolute atomic E-state index is 0.614. The summed E-state index contributed by atoms with van der Waals surface area (Å²) in [6.07, 6.45) is 12.0. The van der Waals surface area contributed by atoms with Crippen molar-refractivity contribution in [1.29, 1.82) is 0 Å². The van der Waals surface area contributed by atoms with E-state index in [-0.39, 0.29) is 0 Å². The Morgan fingerprint density at radius 3 is 2.06 bits per heavy atom. The van der Waals surface area contributed by atoms with Crippen LogP contribution in [-0.4, -0.2) is 0 Å². The molecule has 0 saturated heterocycles. The topological polar surface area (TPSA) is 0 Å². The van der Waals surface area contributed by atoms with Gasteiger partial charge in [-0.15, -0.1) is 0 Å². The van der Waals surface area contributed by atoms with Crippen LogP contribution in [0.4, 0.5) is 0 Å². The van der Waals surface area contributed by atoms with Gasteiger partial charge in [-0.2, -0.15) is 0 Å². The molecule has 0 aromatic rings. The SMILES string of the molecule is C=C(CC)CCC(CC)(CCC)CCCC. The fourth-order valence-corrected chi connectivity index (χ4v) is 2.61. The zero-order valence-electron chi connectivity index (χ0n) is 12.1. The molecule has 16 heavy (non-hydrogen) atoms. The number of unbranched alkanes of at least 4 members (excludes halogenated alkanes) is 1. The third-order valence-electron chi connectivity index (χ3n) is 4.10. The summed E-state index contributed by atoms with van der Waals surface area (Å²) in [5.74, 6) is 0. The van der Waals surface area contributed by atoms with Crippen molar-refractivity contribution < 1.29 is 0 Å². The Balaban J connectivity index is 4.30. The van der Waals surface area contributed by atoms with E-state index in [1.54, 1.807) is 0 Å². The number of hydrogen-bond acceptors (Lipinski definition) is 0. The Morgan fingerprint density at radius 1 is 0.938 bits per heavy atom. The van der Waals surface area contributed by atoms with Crippen LogP contribution in [0.15, 0.2) is 12.2 Å². The summed E-state index contributed by atoms with van der Waals surface area (Å²) in [4.78, 5) is 0. The molecule has 0 N–H and O–H groups in total. The first-order valence-electron chi connectivity index (χ1n) is 7.30. The van der Waals surface area contributed by atoms with Crippen molar-refractivity contribution in [3.63, 3.8) is 0 Å². The normalized spacial score (nSPS) is 14.8. The van der Waals surface area contributed by atoms with E-state index < -0.39 is 0 Å². The first kappa shape index (κ1) is 15.7. The van der Waals surface area contributed by atoms with E-state index in [0.717, 1.165) is 6.42 Å². The van der Waals surface area contributed by atoms with Gasteiger partial charge in [0, 0.05) is 0 Å². The summed E-state index contributed by atoms with van der Waals surface area (Å²) < 4.78 is 0. The Morgan fingerprint density at radius 2 is 1.62 bits per heavy atom. The molecule has 0 bridgehead atoms. The second kappa shape index (κ2) is 8.84. The second-order valence-electron chi connectivity index (χ2n) is 5.31. The lowest BCUT2D eigenvalue weighted by molar-refractivity contribution is 0.200. The van der Waals surface area contributed by atoms with Gasteiger partial charge in [0.15, 0.2) is 0 Å². The van der Waals surface area contributed by atoms with Gasteiger partial charge < -0.3 is 0 Å². The summed E-state index contributed by atoms with van der Waals surface area (Å²) in [5.41, 5.74) is 2.05. The van der Waals surface area contributed by atoms with Gasteiger partial charge in [0.2, 0.25) is 0 Å². The van der Waals surface area contributed by atoms with E-state index in [0.29, 0.717) is 5.41 Å². The van der Waals surface area contributed by atoms with Crippen LogP contribution in [0.3, 0.4) is 0 Å². The van der Waals surface area contributed by atoms with Crippen molar-refractivity contribution in [1.82, 2.24) is 0 Å². The zero-order chi connectivity index (χ0) is 12.4. The van der Waals surface area contributed by atoms with E-state index >= 15 is 0 Å². The lowest BCUT2D eigenvalue weighted by Crippen LogP contribution is -2.20. The molecule has 0 nitrogen and oxygen atoms in total. The van der Waals surface area contributed by atoms with Crippen molar-refractivity contribution in [2.45, 2.75) is 85.5 Å². The van der Waals surface area contributed by atoms with Crippen LogP contribution in [0, 0.1) is 5.41 Å². The molecule has 0 aromatic carbocycles. The quantitative estimate of drug-likeness (QED) is 0.392. The molecule has 0 rings (SSSR count). The second-order valence-corrected chi connectivity index (χ2v) is 5.31.